The lowest BCUT2D eigenvalue weighted by molar-refractivity contribution is -0.121. The number of piperazine rings is 1. The lowest BCUT2D eigenvalue weighted by atomic mass is 10.1. The van der Waals surface area contributed by atoms with Crippen LogP contribution >= 0.6 is 0 Å². The van der Waals surface area contributed by atoms with E-state index in [0.717, 1.165) is 32.7 Å². The third kappa shape index (κ3) is 5.13. The Labute approximate surface area is 131 Å². The fourth-order valence-corrected chi connectivity index (χ4v) is 2.61. The van der Waals surface area contributed by atoms with E-state index in [1.807, 2.05) is 0 Å². The van der Waals surface area contributed by atoms with Gasteiger partial charge in [0.15, 0.2) is 0 Å². The Morgan fingerprint density at radius 2 is 1.82 bits per heavy atom. The van der Waals surface area contributed by atoms with Gasteiger partial charge in [0.05, 0.1) is 6.54 Å². The molecule has 120 valence electrons. The molecule has 1 fully saturated rings. The van der Waals surface area contributed by atoms with Gasteiger partial charge in [0, 0.05) is 39.8 Å². The first-order valence-corrected chi connectivity index (χ1v) is 7.58. The molecule has 0 aliphatic carbocycles. The molecule has 1 saturated heterocycles. The van der Waals surface area contributed by atoms with E-state index in [4.69, 9.17) is 0 Å². The molecule has 0 bridgehead atoms. The molecule has 0 atom stereocenters. The van der Waals surface area contributed by atoms with Crippen LogP contribution in [0, 0.1) is 6.92 Å². The fraction of sp³-hybridized carbons (Fsp3) is 0.500. The van der Waals surface area contributed by atoms with Crippen molar-refractivity contribution in [1.82, 2.24) is 20.4 Å². The smallest absolute Gasteiger partial charge is 0.321 e. The Morgan fingerprint density at radius 1 is 1.14 bits per heavy atom. The standard InChI is InChI=1S/C16H24N4O2/c1-13-4-3-5-14(10-13)11-19-6-8-20(9-7-19)12-15(21)18-16(22)17-2/h3-5,10H,6-9,11-12H2,1-2H3,(H2,17,18,21,22). The molecule has 2 rings (SSSR count). The number of aryl methyl sites for hydroxylation is 1. The molecule has 6 nitrogen and oxygen atoms in total. The molecule has 0 radical (unpaired) electrons. The predicted octanol–water partition coefficient (Wildman–Crippen LogP) is 0.568. The molecule has 6 heteroatoms. The van der Waals surface area contributed by atoms with Gasteiger partial charge in [0.1, 0.15) is 0 Å². The summed E-state index contributed by atoms with van der Waals surface area (Å²) < 4.78 is 0. The zero-order valence-electron chi connectivity index (χ0n) is 13.3. The molecule has 1 aromatic carbocycles. The summed E-state index contributed by atoms with van der Waals surface area (Å²) in [6.07, 6.45) is 0. The summed E-state index contributed by atoms with van der Waals surface area (Å²) in [5.41, 5.74) is 2.60. The molecule has 0 aromatic heterocycles. The second-order valence-electron chi connectivity index (χ2n) is 5.67. The zero-order chi connectivity index (χ0) is 15.9. The highest BCUT2D eigenvalue weighted by molar-refractivity contribution is 5.95. The van der Waals surface area contributed by atoms with Crippen molar-refractivity contribution in [2.24, 2.45) is 0 Å². The fourth-order valence-electron chi connectivity index (χ4n) is 2.61. The summed E-state index contributed by atoms with van der Waals surface area (Å²) in [5, 5.41) is 4.66. The summed E-state index contributed by atoms with van der Waals surface area (Å²) >= 11 is 0. The number of imide groups is 1. The van der Waals surface area contributed by atoms with Crippen molar-refractivity contribution < 1.29 is 9.59 Å². The Bertz CT molecular complexity index is 525. The number of hydrogen-bond donors (Lipinski definition) is 2. The van der Waals surface area contributed by atoms with Crippen LogP contribution in [0.5, 0.6) is 0 Å². The minimum atomic E-state index is -0.455. The van der Waals surface area contributed by atoms with Crippen molar-refractivity contribution in [2.75, 3.05) is 39.8 Å². The van der Waals surface area contributed by atoms with Crippen molar-refractivity contribution in [3.63, 3.8) is 0 Å². The van der Waals surface area contributed by atoms with Crippen molar-refractivity contribution in [3.8, 4) is 0 Å². The van der Waals surface area contributed by atoms with Gasteiger partial charge in [-0.15, -0.1) is 0 Å². The van der Waals surface area contributed by atoms with Crippen LogP contribution in [0.1, 0.15) is 11.1 Å². The number of hydrogen-bond acceptors (Lipinski definition) is 4. The van der Waals surface area contributed by atoms with Gasteiger partial charge in [0.25, 0.3) is 0 Å². The molecular weight excluding hydrogens is 280 g/mol. The SMILES string of the molecule is CNC(=O)NC(=O)CN1CCN(Cc2cccc(C)c2)CC1. The van der Waals surface area contributed by atoms with Gasteiger partial charge in [-0.1, -0.05) is 29.8 Å². The van der Waals surface area contributed by atoms with Crippen LogP contribution in [0.15, 0.2) is 24.3 Å². The largest absolute Gasteiger partial charge is 0.341 e. The van der Waals surface area contributed by atoms with Crippen molar-refractivity contribution in [3.05, 3.63) is 35.4 Å². The summed E-state index contributed by atoms with van der Waals surface area (Å²) in [7, 11) is 1.49. The van der Waals surface area contributed by atoms with Crippen LogP contribution in [0.2, 0.25) is 0 Å². The molecule has 2 N–H and O–H groups in total. The predicted molar refractivity (Wildman–Crippen MR) is 85.5 cm³/mol. The minimum Gasteiger partial charge on any atom is -0.341 e. The molecule has 1 aliphatic rings. The number of carbonyl (C=O) groups excluding carboxylic acids is 2. The van der Waals surface area contributed by atoms with Crippen molar-refractivity contribution >= 4 is 11.9 Å². The van der Waals surface area contributed by atoms with Gasteiger partial charge in [-0.3, -0.25) is 19.9 Å². The van der Waals surface area contributed by atoms with Gasteiger partial charge in [0.2, 0.25) is 5.91 Å². The second kappa shape index (κ2) is 7.91. The van der Waals surface area contributed by atoms with E-state index in [-0.39, 0.29) is 12.5 Å². The molecule has 0 saturated carbocycles. The number of amides is 3. The number of carbonyl (C=O) groups is 2. The van der Waals surface area contributed by atoms with Gasteiger partial charge in [-0.25, -0.2) is 4.79 Å². The molecule has 3 amide bonds. The third-order valence-electron chi connectivity index (χ3n) is 3.80. The van der Waals surface area contributed by atoms with Crippen molar-refractivity contribution in [1.29, 1.82) is 0 Å². The maximum Gasteiger partial charge on any atom is 0.321 e. The number of nitrogens with one attached hydrogen (secondary N) is 2. The van der Waals surface area contributed by atoms with E-state index in [0.29, 0.717) is 0 Å². The van der Waals surface area contributed by atoms with Crippen LogP contribution in [0.4, 0.5) is 4.79 Å². The lowest BCUT2D eigenvalue weighted by Crippen LogP contribution is -2.50. The van der Waals surface area contributed by atoms with Crippen LogP contribution in [0.3, 0.4) is 0 Å². The first-order valence-electron chi connectivity index (χ1n) is 7.58. The monoisotopic (exact) mass is 304 g/mol. The van der Waals surface area contributed by atoms with Gasteiger partial charge >= 0.3 is 6.03 Å². The van der Waals surface area contributed by atoms with Crippen molar-refractivity contribution in [2.45, 2.75) is 13.5 Å². The quantitative estimate of drug-likeness (QED) is 0.853. The molecular formula is C16H24N4O2. The highest BCUT2D eigenvalue weighted by Crippen LogP contribution is 2.10. The van der Waals surface area contributed by atoms with E-state index in [9.17, 15) is 9.59 Å². The summed E-state index contributed by atoms with van der Waals surface area (Å²) in [5.74, 6) is -0.258. The number of urea groups is 1. The first-order chi connectivity index (χ1) is 10.6. The summed E-state index contributed by atoms with van der Waals surface area (Å²) in [4.78, 5) is 27.2. The Balaban J connectivity index is 1.73. The van der Waals surface area contributed by atoms with Gasteiger partial charge in [-0.05, 0) is 12.5 Å². The average Bonchev–Trinajstić information content (AvgIpc) is 2.49. The Morgan fingerprint density at radius 3 is 2.45 bits per heavy atom. The Hall–Kier alpha value is -1.92. The topological polar surface area (TPSA) is 64.7 Å². The molecule has 0 unspecified atom stereocenters. The maximum absolute atomic E-state index is 11.7. The highest BCUT2D eigenvalue weighted by Gasteiger charge is 2.19. The van der Waals surface area contributed by atoms with Crippen LogP contribution < -0.4 is 10.6 Å². The number of benzene rings is 1. The first kappa shape index (κ1) is 16.5. The normalized spacial score (nSPS) is 16.3. The third-order valence-corrected chi connectivity index (χ3v) is 3.80. The van der Waals surface area contributed by atoms with Crippen LogP contribution in [-0.2, 0) is 11.3 Å². The average molecular weight is 304 g/mol. The highest BCUT2D eigenvalue weighted by atomic mass is 16.2. The van der Waals surface area contributed by atoms with E-state index in [1.165, 1.54) is 18.2 Å². The van der Waals surface area contributed by atoms with E-state index >= 15 is 0 Å². The number of nitrogens with zero attached hydrogens (tertiary/aromatic N) is 2. The zero-order valence-corrected chi connectivity index (χ0v) is 13.3. The second-order valence-corrected chi connectivity index (χ2v) is 5.67. The van der Waals surface area contributed by atoms with E-state index in [1.54, 1.807) is 0 Å². The molecule has 1 aromatic rings. The summed E-state index contributed by atoms with van der Waals surface area (Å²) in [6.45, 7) is 6.86. The van der Waals surface area contributed by atoms with Gasteiger partial charge < -0.3 is 5.32 Å². The van der Waals surface area contributed by atoms with Crippen LogP contribution in [0.25, 0.3) is 0 Å². The van der Waals surface area contributed by atoms with E-state index < -0.39 is 6.03 Å². The molecule has 0 spiro atoms. The minimum absolute atomic E-state index is 0.258. The van der Waals surface area contributed by atoms with Crippen LogP contribution in [-0.4, -0.2) is 61.5 Å². The van der Waals surface area contributed by atoms with E-state index in [2.05, 4.69) is 51.6 Å². The lowest BCUT2D eigenvalue weighted by Gasteiger charge is -2.34. The maximum atomic E-state index is 11.7. The summed E-state index contributed by atoms with van der Waals surface area (Å²) in [6, 6.07) is 8.10. The Kier molecular flexibility index (Phi) is 5.91. The molecule has 1 heterocycles. The molecule has 22 heavy (non-hydrogen) atoms. The molecule has 1 aliphatic heterocycles. The van der Waals surface area contributed by atoms with Gasteiger partial charge in [-0.2, -0.15) is 0 Å². The number of rotatable bonds is 4.